The number of likely N-dealkylation sites (tertiary alicyclic amines) is 1. The van der Waals surface area contributed by atoms with Gasteiger partial charge >= 0.3 is 0 Å². The summed E-state index contributed by atoms with van der Waals surface area (Å²) in [5.74, 6) is 1.03. The lowest BCUT2D eigenvalue weighted by molar-refractivity contribution is -0.130. The molecule has 2 heterocycles. The molecule has 0 spiro atoms. The second-order valence-electron chi connectivity index (χ2n) is 8.59. The lowest BCUT2D eigenvalue weighted by Crippen LogP contribution is -2.37. The summed E-state index contributed by atoms with van der Waals surface area (Å²) in [5.41, 5.74) is 3.69. The van der Waals surface area contributed by atoms with Crippen LogP contribution in [0.5, 0.6) is 0 Å². The Balaban J connectivity index is 0.00000300. The number of fused-ring (bicyclic) bond motifs is 1. The maximum Gasteiger partial charge on any atom is 0.219 e. The molecule has 29 heavy (non-hydrogen) atoms. The molecule has 0 saturated carbocycles. The van der Waals surface area contributed by atoms with Crippen LogP contribution in [0.4, 0.5) is 0 Å². The summed E-state index contributed by atoms with van der Waals surface area (Å²) in [6.07, 6.45) is 8.32. The largest absolute Gasteiger partial charge is 0.343 e. The van der Waals surface area contributed by atoms with Crippen LogP contribution in [-0.4, -0.2) is 54.2 Å². The standard InChI is InChI=1S/C24H36N2O2.ClH/c1-3-4-13-25-14-11-21-6-7-23(18-22(21)12-15-25)24(28)8-5-20-9-16-26(17-10-20)19(2)27;/h6-7,18,20H,3-5,8-17H2,1-2H3;1H. The minimum absolute atomic E-state index is 0. The van der Waals surface area contributed by atoms with E-state index in [1.807, 2.05) is 11.0 Å². The molecule has 4 nitrogen and oxygen atoms in total. The maximum atomic E-state index is 12.8. The van der Waals surface area contributed by atoms with Gasteiger partial charge < -0.3 is 9.80 Å². The number of hydrogen-bond donors (Lipinski definition) is 0. The third-order valence-electron chi connectivity index (χ3n) is 6.59. The van der Waals surface area contributed by atoms with E-state index in [9.17, 15) is 9.59 Å². The number of hydrogen-bond acceptors (Lipinski definition) is 3. The Morgan fingerprint density at radius 2 is 1.72 bits per heavy atom. The number of piperidine rings is 1. The SMILES string of the molecule is CCCCN1CCc2ccc(C(=O)CCC3CCN(C(C)=O)CC3)cc2CC1.Cl. The zero-order valence-corrected chi connectivity index (χ0v) is 18.9. The normalized spacial score (nSPS) is 17.9. The van der Waals surface area contributed by atoms with E-state index in [0.29, 0.717) is 12.3 Å². The van der Waals surface area contributed by atoms with Gasteiger partial charge in [0.2, 0.25) is 5.91 Å². The smallest absolute Gasteiger partial charge is 0.219 e. The minimum atomic E-state index is 0. The molecule has 0 radical (unpaired) electrons. The Bertz CT molecular complexity index is 683. The van der Waals surface area contributed by atoms with Crippen molar-refractivity contribution >= 4 is 24.1 Å². The number of unbranched alkanes of at least 4 members (excludes halogenated alkanes) is 1. The van der Waals surface area contributed by atoms with Gasteiger partial charge in [0.05, 0.1) is 0 Å². The Hall–Kier alpha value is -1.39. The summed E-state index contributed by atoms with van der Waals surface area (Å²) < 4.78 is 0. The highest BCUT2D eigenvalue weighted by Gasteiger charge is 2.22. The fourth-order valence-corrected chi connectivity index (χ4v) is 4.57. The molecule has 3 rings (SSSR count). The quantitative estimate of drug-likeness (QED) is 0.608. The van der Waals surface area contributed by atoms with Crippen LogP contribution in [0.15, 0.2) is 18.2 Å². The van der Waals surface area contributed by atoms with E-state index in [1.165, 1.54) is 30.5 Å². The highest BCUT2D eigenvalue weighted by atomic mass is 35.5. The number of carbonyl (C=O) groups excluding carboxylic acids is 2. The fourth-order valence-electron chi connectivity index (χ4n) is 4.57. The molecule has 1 fully saturated rings. The van der Waals surface area contributed by atoms with Crippen molar-refractivity contribution in [2.45, 2.75) is 65.2 Å². The molecule has 0 unspecified atom stereocenters. The highest BCUT2D eigenvalue weighted by molar-refractivity contribution is 5.96. The van der Waals surface area contributed by atoms with Crippen molar-refractivity contribution in [3.63, 3.8) is 0 Å². The van der Waals surface area contributed by atoms with Crippen LogP contribution in [0.2, 0.25) is 0 Å². The van der Waals surface area contributed by atoms with Crippen molar-refractivity contribution in [3.05, 3.63) is 34.9 Å². The van der Waals surface area contributed by atoms with Gasteiger partial charge in [0.25, 0.3) is 0 Å². The molecule has 0 atom stereocenters. The van der Waals surface area contributed by atoms with E-state index in [0.717, 1.165) is 63.8 Å². The predicted molar refractivity (Wildman–Crippen MR) is 121 cm³/mol. The number of rotatable bonds is 7. The van der Waals surface area contributed by atoms with Crippen LogP contribution in [0.25, 0.3) is 0 Å². The van der Waals surface area contributed by atoms with Gasteiger partial charge in [0.15, 0.2) is 5.78 Å². The van der Waals surface area contributed by atoms with E-state index in [4.69, 9.17) is 0 Å². The molecule has 1 aromatic carbocycles. The van der Waals surface area contributed by atoms with Crippen molar-refractivity contribution in [3.8, 4) is 0 Å². The molecular weight excluding hydrogens is 384 g/mol. The first-order valence-corrected chi connectivity index (χ1v) is 11.2. The van der Waals surface area contributed by atoms with Crippen LogP contribution >= 0.6 is 12.4 Å². The van der Waals surface area contributed by atoms with E-state index in [1.54, 1.807) is 6.92 Å². The van der Waals surface area contributed by atoms with Crippen molar-refractivity contribution in [1.29, 1.82) is 0 Å². The van der Waals surface area contributed by atoms with Crippen molar-refractivity contribution in [2.24, 2.45) is 5.92 Å². The molecule has 5 heteroatoms. The number of nitrogens with zero attached hydrogens (tertiary/aromatic N) is 2. The van der Waals surface area contributed by atoms with Gasteiger partial charge in [-0.05, 0) is 68.2 Å². The number of carbonyl (C=O) groups is 2. The monoisotopic (exact) mass is 420 g/mol. The lowest BCUT2D eigenvalue weighted by atomic mass is 9.89. The average Bonchev–Trinajstić information content (AvgIpc) is 2.92. The zero-order valence-electron chi connectivity index (χ0n) is 18.1. The number of Topliss-reactive ketones (excluding diaryl/α,β-unsaturated/α-hetero) is 1. The molecule has 0 bridgehead atoms. The van der Waals surface area contributed by atoms with Gasteiger partial charge in [-0.2, -0.15) is 0 Å². The summed E-state index contributed by atoms with van der Waals surface area (Å²) in [6.45, 7) is 9.03. The van der Waals surface area contributed by atoms with Crippen LogP contribution in [0.1, 0.15) is 73.9 Å². The van der Waals surface area contributed by atoms with Crippen LogP contribution < -0.4 is 0 Å². The molecule has 1 amide bonds. The minimum Gasteiger partial charge on any atom is -0.343 e. The second-order valence-corrected chi connectivity index (χ2v) is 8.59. The Labute approximate surface area is 182 Å². The van der Waals surface area contributed by atoms with Crippen LogP contribution in [0, 0.1) is 5.92 Å². The van der Waals surface area contributed by atoms with E-state index in [2.05, 4.69) is 24.0 Å². The van der Waals surface area contributed by atoms with Gasteiger partial charge in [-0.25, -0.2) is 0 Å². The third-order valence-corrected chi connectivity index (χ3v) is 6.59. The van der Waals surface area contributed by atoms with Gasteiger partial charge in [-0.1, -0.05) is 25.5 Å². The fraction of sp³-hybridized carbons (Fsp3) is 0.667. The highest BCUT2D eigenvalue weighted by Crippen LogP contribution is 2.24. The first kappa shape index (κ1) is 23.9. The number of ketones is 1. The molecule has 1 saturated heterocycles. The Morgan fingerprint density at radius 1 is 1.03 bits per heavy atom. The summed E-state index contributed by atoms with van der Waals surface area (Å²) in [5, 5.41) is 0. The molecule has 1 aromatic rings. The van der Waals surface area contributed by atoms with Gasteiger partial charge in [-0.3, -0.25) is 9.59 Å². The molecular formula is C24H37ClN2O2. The van der Waals surface area contributed by atoms with E-state index >= 15 is 0 Å². The summed E-state index contributed by atoms with van der Waals surface area (Å²) in [6, 6.07) is 6.40. The zero-order chi connectivity index (χ0) is 19.9. The first-order valence-electron chi connectivity index (χ1n) is 11.2. The molecule has 2 aliphatic heterocycles. The number of benzene rings is 1. The van der Waals surface area contributed by atoms with Gasteiger partial charge in [0, 0.05) is 45.1 Å². The Morgan fingerprint density at radius 3 is 2.38 bits per heavy atom. The van der Waals surface area contributed by atoms with Gasteiger partial charge in [0.1, 0.15) is 0 Å². The third kappa shape index (κ3) is 6.82. The van der Waals surface area contributed by atoms with Crippen molar-refractivity contribution in [2.75, 3.05) is 32.7 Å². The van der Waals surface area contributed by atoms with Gasteiger partial charge in [-0.15, -0.1) is 12.4 Å². The molecule has 0 aromatic heterocycles. The van der Waals surface area contributed by atoms with E-state index < -0.39 is 0 Å². The Kier molecular flexibility index (Phi) is 9.64. The topological polar surface area (TPSA) is 40.6 Å². The van der Waals surface area contributed by atoms with Crippen molar-refractivity contribution in [1.82, 2.24) is 9.80 Å². The second kappa shape index (κ2) is 11.7. The molecule has 0 aliphatic carbocycles. The summed E-state index contributed by atoms with van der Waals surface area (Å²) in [7, 11) is 0. The first-order chi connectivity index (χ1) is 13.6. The maximum absolute atomic E-state index is 12.8. The molecule has 162 valence electrons. The lowest BCUT2D eigenvalue weighted by Gasteiger charge is -2.31. The summed E-state index contributed by atoms with van der Waals surface area (Å²) in [4.78, 5) is 28.7. The summed E-state index contributed by atoms with van der Waals surface area (Å²) >= 11 is 0. The molecule has 0 N–H and O–H groups in total. The van der Waals surface area contributed by atoms with Crippen molar-refractivity contribution < 1.29 is 9.59 Å². The number of halogens is 1. The number of amides is 1. The van der Waals surface area contributed by atoms with Crippen LogP contribution in [-0.2, 0) is 17.6 Å². The predicted octanol–water partition coefficient (Wildman–Crippen LogP) is 4.53. The average molecular weight is 421 g/mol. The van der Waals surface area contributed by atoms with Crippen LogP contribution in [0.3, 0.4) is 0 Å². The molecule has 2 aliphatic rings. The van der Waals surface area contributed by atoms with E-state index in [-0.39, 0.29) is 24.1 Å².